The van der Waals surface area contributed by atoms with Crippen molar-refractivity contribution >= 4 is 28.3 Å². The van der Waals surface area contributed by atoms with Crippen LogP contribution >= 0.6 is 11.6 Å². The first kappa shape index (κ1) is 18.0. The van der Waals surface area contributed by atoms with Gasteiger partial charge in [0.1, 0.15) is 11.3 Å². The largest absolute Gasteiger partial charge is 0.353 e. The van der Waals surface area contributed by atoms with Gasteiger partial charge in [0.25, 0.3) is 0 Å². The molecule has 1 aliphatic carbocycles. The third-order valence-electron chi connectivity index (χ3n) is 6.60. The van der Waals surface area contributed by atoms with Crippen LogP contribution in [-0.4, -0.2) is 17.3 Å². The molecule has 5 rings (SSSR count). The zero-order chi connectivity index (χ0) is 19.5. The standard InChI is InChI=1S/C24H25ClN2O/c1-23(2)11-15(28)12-24(14-23)22-21(17-8-4-6-10-20(17)27-22)18(13-26-24)16-7-3-5-9-19(16)25/h3-10,18,26-27H,11-14H2,1-2H3/p+1/t18-,24-/m1/s1. The number of benzene rings is 2. The predicted molar refractivity (Wildman–Crippen MR) is 113 cm³/mol. The minimum absolute atomic E-state index is 0.0115. The number of H-pyrrole nitrogens is 1. The topological polar surface area (TPSA) is 49.5 Å². The van der Waals surface area contributed by atoms with E-state index in [0.29, 0.717) is 18.6 Å². The van der Waals surface area contributed by atoms with E-state index in [1.807, 2.05) is 12.1 Å². The van der Waals surface area contributed by atoms with Crippen LogP contribution in [-0.2, 0) is 10.3 Å². The van der Waals surface area contributed by atoms with Gasteiger partial charge in [-0.2, -0.15) is 0 Å². The summed E-state index contributed by atoms with van der Waals surface area (Å²) in [6.45, 7) is 5.35. The summed E-state index contributed by atoms with van der Waals surface area (Å²) in [6, 6.07) is 16.7. The molecule has 2 atom stereocenters. The van der Waals surface area contributed by atoms with E-state index in [4.69, 9.17) is 11.6 Å². The maximum Gasteiger partial charge on any atom is 0.144 e. The number of hydrogen-bond donors (Lipinski definition) is 2. The summed E-state index contributed by atoms with van der Waals surface area (Å²) in [4.78, 5) is 16.5. The Labute approximate surface area is 170 Å². The third-order valence-corrected chi connectivity index (χ3v) is 6.94. The number of carbonyl (C=O) groups excluding carboxylic acids is 1. The average Bonchev–Trinajstić information content (AvgIpc) is 3.02. The zero-order valence-electron chi connectivity index (χ0n) is 16.4. The van der Waals surface area contributed by atoms with E-state index in [9.17, 15) is 4.79 Å². The Morgan fingerprint density at radius 1 is 1.07 bits per heavy atom. The van der Waals surface area contributed by atoms with Gasteiger partial charge in [0.05, 0.1) is 24.6 Å². The monoisotopic (exact) mass is 393 g/mol. The number of rotatable bonds is 1. The number of quaternary nitrogens is 1. The lowest BCUT2D eigenvalue weighted by Crippen LogP contribution is -2.98. The lowest BCUT2D eigenvalue weighted by atomic mass is 9.63. The highest BCUT2D eigenvalue weighted by atomic mass is 35.5. The molecule has 2 aliphatic rings. The van der Waals surface area contributed by atoms with Gasteiger partial charge in [-0.15, -0.1) is 0 Å². The molecule has 2 aromatic carbocycles. The molecule has 1 saturated carbocycles. The molecule has 1 aliphatic heterocycles. The molecule has 1 aromatic heterocycles. The first-order valence-corrected chi connectivity index (χ1v) is 10.5. The molecule has 0 unspecified atom stereocenters. The normalized spacial score (nSPS) is 26.5. The molecule has 3 nitrogen and oxygen atoms in total. The van der Waals surface area contributed by atoms with Crippen molar-refractivity contribution in [1.29, 1.82) is 0 Å². The summed E-state index contributed by atoms with van der Waals surface area (Å²) < 4.78 is 0. The number of nitrogens with one attached hydrogen (secondary N) is 1. The molecule has 144 valence electrons. The Morgan fingerprint density at radius 3 is 2.61 bits per heavy atom. The van der Waals surface area contributed by atoms with E-state index < -0.39 is 0 Å². The van der Waals surface area contributed by atoms with Gasteiger partial charge in [-0.25, -0.2) is 0 Å². The van der Waals surface area contributed by atoms with E-state index in [2.05, 4.69) is 60.5 Å². The fourth-order valence-corrected chi connectivity index (χ4v) is 6.04. The van der Waals surface area contributed by atoms with Gasteiger partial charge in [-0.1, -0.05) is 61.8 Å². The first-order chi connectivity index (χ1) is 13.4. The summed E-state index contributed by atoms with van der Waals surface area (Å²) in [5, 5.41) is 4.48. The second kappa shape index (κ2) is 6.20. The van der Waals surface area contributed by atoms with Crippen LogP contribution in [0.5, 0.6) is 0 Å². The number of halogens is 1. The number of ketones is 1. The highest BCUT2D eigenvalue weighted by molar-refractivity contribution is 6.31. The van der Waals surface area contributed by atoms with Gasteiger partial charge in [-0.05, 0) is 23.1 Å². The number of carbonyl (C=O) groups is 1. The van der Waals surface area contributed by atoms with Crippen LogP contribution in [0, 0.1) is 5.41 Å². The second-order valence-electron chi connectivity index (χ2n) is 9.36. The van der Waals surface area contributed by atoms with Crippen LogP contribution in [0.4, 0.5) is 0 Å². The Morgan fingerprint density at radius 2 is 1.82 bits per heavy atom. The smallest absolute Gasteiger partial charge is 0.144 e. The summed E-state index contributed by atoms with van der Waals surface area (Å²) >= 11 is 6.61. The van der Waals surface area contributed by atoms with Gasteiger partial charge in [0, 0.05) is 34.3 Å². The third kappa shape index (κ3) is 2.72. The van der Waals surface area contributed by atoms with E-state index in [-0.39, 0.29) is 16.9 Å². The van der Waals surface area contributed by atoms with Crippen LogP contribution in [0.1, 0.15) is 55.8 Å². The Bertz CT molecular complexity index is 1080. The van der Waals surface area contributed by atoms with Crippen molar-refractivity contribution in [3.05, 3.63) is 70.4 Å². The fraction of sp³-hybridized carbons (Fsp3) is 0.375. The van der Waals surface area contributed by atoms with Crippen LogP contribution in [0.2, 0.25) is 5.02 Å². The number of aromatic nitrogens is 1. The number of nitrogens with two attached hydrogens (primary N) is 1. The molecule has 0 saturated heterocycles. The molecule has 28 heavy (non-hydrogen) atoms. The molecule has 3 aromatic rings. The summed E-state index contributed by atoms with van der Waals surface area (Å²) in [7, 11) is 0. The molecule has 0 radical (unpaired) electrons. The predicted octanol–water partition coefficient (Wildman–Crippen LogP) is 4.50. The van der Waals surface area contributed by atoms with Gasteiger partial charge in [0.15, 0.2) is 0 Å². The second-order valence-corrected chi connectivity index (χ2v) is 9.77. The van der Waals surface area contributed by atoms with E-state index in [1.165, 1.54) is 22.2 Å². The fourth-order valence-electron chi connectivity index (χ4n) is 5.77. The maximum absolute atomic E-state index is 12.7. The number of Topliss-reactive ketones (excluding diaryl/α,β-unsaturated/α-hetero) is 1. The van der Waals surface area contributed by atoms with Gasteiger partial charge in [-0.3, -0.25) is 4.79 Å². The molecular formula is C24H26ClN2O+. The number of aromatic amines is 1. The van der Waals surface area contributed by atoms with Crippen molar-refractivity contribution in [3.63, 3.8) is 0 Å². The molecule has 3 N–H and O–H groups in total. The molecule has 1 spiro atoms. The Balaban J connectivity index is 1.75. The molecule has 0 amide bonds. The van der Waals surface area contributed by atoms with Crippen LogP contribution in [0.15, 0.2) is 48.5 Å². The van der Waals surface area contributed by atoms with Crippen molar-refractivity contribution in [2.75, 3.05) is 6.54 Å². The maximum atomic E-state index is 12.7. The molecule has 1 fully saturated rings. The van der Waals surface area contributed by atoms with E-state index in [0.717, 1.165) is 23.5 Å². The lowest BCUT2D eigenvalue weighted by Gasteiger charge is -2.45. The lowest BCUT2D eigenvalue weighted by molar-refractivity contribution is -0.744. The Kier molecular flexibility index (Phi) is 3.98. The minimum atomic E-state index is -0.203. The Hall–Kier alpha value is -2.10. The van der Waals surface area contributed by atoms with Crippen molar-refractivity contribution in [3.8, 4) is 0 Å². The number of fused-ring (bicyclic) bond motifs is 4. The van der Waals surface area contributed by atoms with E-state index >= 15 is 0 Å². The molecule has 0 bridgehead atoms. The van der Waals surface area contributed by atoms with Crippen molar-refractivity contribution in [2.24, 2.45) is 5.41 Å². The van der Waals surface area contributed by atoms with Crippen LogP contribution in [0.25, 0.3) is 10.9 Å². The highest BCUT2D eigenvalue weighted by Crippen LogP contribution is 2.48. The van der Waals surface area contributed by atoms with Gasteiger partial charge in [0.2, 0.25) is 0 Å². The zero-order valence-corrected chi connectivity index (χ0v) is 17.1. The highest BCUT2D eigenvalue weighted by Gasteiger charge is 2.53. The first-order valence-electron chi connectivity index (χ1n) is 10.1. The SMILES string of the molecule is CC1(C)CC(=O)C[C@]2(C1)[NH2+]C[C@H](c1ccccc1Cl)c1c2[nH]c2ccccc12. The summed E-state index contributed by atoms with van der Waals surface area (Å²) in [5.41, 5.74) is 4.68. The molecule has 4 heteroatoms. The average molecular weight is 394 g/mol. The quantitative estimate of drug-likeness (QED) is 0.628. The number of hydrogen-bond acceptors (Lipinski definition) is 1. The molecular weight excluding hydrogens is 368 g/mol. The van der Waals surface area contributed by atoms with Crippen LogP contribution < -0.4 is 5.32 Å². The van der Waals surface area contributed by atoms with Gasteiger partial charge < -0.3 is 10.3 Å². The molecule has 2 heterocycles. The minimum Gasteiger partial charge on any atom is -0.353 e. The van der Waals surface area contributed by atoms with Crippen molar-refractivity contribution in [1.82, 2.24) is 4.98 Å². The van der Waals surface area contributed by atoms with E-state index in [1.54, 1.807) is 0 Å². The van der Waals surface area contributed by atoms with Crippen molar-refractivity contribution in [2.45, 2.75) is 44.6 Å². The number of para-hydroxylation sites is 1. The van der Waals surface area contributed by atoms with Gasteiger partial charge >= 0.3 is 0 Å². The van der Waals surface area contributed by atoms with Crippen molar-refractivity contribution < 1.29 is 10.1 Å². The summed E-state index contributed by atoms with van der Waals surface area (Å²) in [6.07, 6.45) is 2.28. The van der Waals surface area contributed by atoms with Crippen LogP contribution in [0.3, 0.4) is 0 Å². The summed E-state index contributed by atoms with van der Waals surface area (Å²) in [5.74, 6) is 0.582.